The smallest absolute Gasteiger partial charge is 0.349 e. The van der Waals surface area contributed by atoms with Crippen molar-refractivity contribution in [2.24, 2.45) is 0 Å². The number of hydrogen-bond donors (Lipinski definition) is 2. The Balaban J connectivity index is 2.11. The molecule has 1 aliphatic heterocycles. The molecule has 0 fully saturated rings. The van der Waals surface area contributed by atoms with Crippen molar-refractivity contribution in [3.8, 4) is 11.5 Å². The molecule has 0 bridgehead atoms. The van der Waals surface area contributed by atoms with Crippen LogP contribution in [-0.4, -0.2) is 37.1 Å². The predicted molar refractivity (Wildman–Crippen MR) is 80.5 cm³/mol. The van der Waals surface area contributed by atoms with Gasteiger partial charge in [0.1, 0.15) is 17.8 Å². The number of phenolic OH excluding ortho intramolecular Hbond substituents is 1. The summed E-state index contributed by atoms with van der Waals surface area (Å²) >= 11 is 0. The van der Waals surface area contributed by atoms with Crippen molar-refractivity contribution in [3.63, 3.8) is 0 Å². The summed E-state index contributed by atoms with van der Waals surface area (Å²) in [7, 11) is -3.35. The highest BCUT2D eigenvalue weighted by molar-refractivity contribution is 7.53. The third-order valence-corrected chi connectivity index (χ3v) is 4.98. The molecule has 0 aromatic heterocycles. The van der Waals surface area contributed by atoms with E-state index in [9.17, 15) is 14.5 Å². The van der Waals surface area contributed by atoms with Gasteiger partial charge in [-0.15, -0.1) is 0 Å². The maximum absolute atomic E-state index is 12.3. The van der Waals surface area contributed by atoms with E-state index in [1.54, 1.807) is 13.8 Å². The van der Waals surface area contributed by atoms with Gasteiger partial charge in [-0.1, -0.05) is 0 Å². The van der Waals surface area contributed by atoms with Gasteiger partial charge in [0, 0.05) is 18.1 Å². The van der Waals surface area contributed by atoms with Gasteiger partial charge < -0.3 is 24.2 Å². The molecule has 0 saturated carbocycles. The Morgan fingerprint density at radius 2 is 2.05 bits per heavy atom. The Morgan fingerprint density at radius 3 is 2.68 bits per heavy atom. The fourth-order valence-corrected chi connectivity index (χ4v) is 3.65. The summed E-state index contributed by atoms with van der Waals surface area (Å²) in [6, 6.07) is 2.85. The number of aromatic hydroxyl groups is 1. The molecule has 0 saturated heterocycles. The van der Waals surface area contributed by atoms with Gasteiger partial charge in [0.25, 0.3) is 5.91 Å². The van der Waals surface area contributed by atoms with Crippen molar-refractivity contribution in [3.05, 3.63) is 23.3 Å². The Kier molecular flexibility index (Phi) is 5.45. The molecule has 2 N–H and O–H groups in total. The lowest BCUT2D eigenvalue weighted by atomic mass is 10.0. The Hall–Kier alpha value is -1.56. The van der Waals surface area contributed by atoms with Crippen LogP contribution in [0.5, 0.6) is 11.5 Å². The molecule has 1 heterocycles. The molecular formula is C14H20NO6P. The van der Waals surface area contributed by atoms with E-state index in [4.69, 9.17) is 13.8 Å². The van der Waals surface area contributed by atoms with E-state index >= 15 is 0 Å². The highest BCUT2D eigenvalue weighted by Gasteiger charge is 2.27. The van der Waals surface area contributed by atoms with Crippen molar-refractivity contribution >= 4 is 13.5 Å². The summed E-state index contributed by atoms with van der Waals surface area (Å²) < 4.78 is 27.9. The van der Waals surface area contributed by atoms with E-state index in [0.29, 0.717) is 24.3 Å². The lowest BCUT2D eigenvalue weighted by molar-refractivity contribution is 0.0952. The first-order chi connectivity index (χ1) is 10.5. The second kappa shape index (κ2) is 7.13. The van der Waals surface area contributed by atoms with Gasteiger partial charge in [-0.05, 0) is 19.9 Å². The van der Waals surface area contributed by atoms with Crippen LogP contribution in [0.1, 0.15) is 29.8 Å². The van der Waals surface area contributed by atoms with E-state index in [-0.39, 0.29) is 25.2 Å². The first-order valence-corrected chi connectivity index (χ1v) is 8.87. The number of rotatable bonds is 7. The number of amides is 1. The highest BCUT2D eigenvalue weighted by atomic mass is 31.2. The van der Waals surface area contributed by atoms with Gasteiger partial charge in [-0.2, -0.15) is 0 Å². The Morgan fingerprint density at radius 1 is 1.36 bits per heavy atom. The number of phenols is 1. The second-order valence-corrected chi connectivity index (χ2v) is 6.73. The van der Waals surface area contributed by atoms with Crippen molar-refractivity contribution in [2.45, 2.75) is 20.3 Å². The number of carbonyl (C=O) groups excluding carboxylic acids is 1. The lowest BCUT2D eigenvalue weighted by Gasteiger charge is -2.17. The molecule has 1 amide bonds. The molecule has 1 aromatic carbocycles. The van der Waals surface area contributed by atoms with Crippen molar-refractivity contribution in [1.82, 2.24) is 5.32 Å². The van der Waals surface area contributed by atoms with Crippen molar-refractivity contribution in [2.75, 3.05) is 26.1 Å². The van der Waals surface area contributed by atoms with Crippen molar-refractivity contribution in [1.29, 1.82) is 0 Å². The molecule has 1 aliphatic rings. The summed E-state index contributed by atoms with van der Waals surface area (Å²) in [5, 5.41) is 12.2. The summed E-state index contributed by atoms with van der Waals surface area (Å²) in [6.45, 7) is 4.32. The monoisotopic (exact) mass is 329 g/mol. The molecule has 0 radical (unpaired) electrons. The van der Waals surface area contributed by atoms with Crippen LogP contribution in [0.3, 0.4) is 0 Å². The van der Waals surface area contributed by atoms with E-state index in [1.165, 1.54) is 12.1 Å². The molecule has 122 valence electrons. The quantitative estimate of drug-likeness (QED) is 0.745. The zero-order valence-corrected chi connectivity index (χ0v) is 13.5. The summed E-state index contributed by atoms with van der Waals surface area (Å²) in [5.74, 6) is 0.00355. The van der Waals surface area contributed by atoms with Crippen LogP contribution in [0, 0.1) is 0 Å². The number of nitrogens with one attached hydrogen (secondary N) is 1. The van der Waals surface area contributed by atoms with Crippen molar-refractivity contribution < 1.29 is 28.3 Å². The largest absolute Gasteiger partial charge is 0.508 e. The topological polar surface area (TPSA) is 94.1 Å². The fourth-order valence-electron chi connectivity index (χ4n) is 2.27. The number of hydrogen-bond acceptors (Lipinski definition) is 6. The SMILES string of the molecule is CCOP(=O)(CNC(=O)c1cc(O)cc2c1CCO2)OCC. The average Bonchev–Trinajstić information content (AvgIpc) is 2.92. The van der Waals surface area contributed by atoms with Gasteiger partial charge in [-0.3, -0.25) is 9.36 Å². The van der Waals surface area contributed by atoms with Gasteiger partial charge >= 0.3 is 7.60 Å². The van der Waals surface area contributed by atoms with Crippen LogP contribution < -0.4 is 10.1 Å². The maximum atomic E-state index is 12.3. The Labute approximate surface area is 129 Å². The van der Waals surface area contributed by atoms with Gasteiger partial charge in [0.15, 0.2) is 0 Å². The maximum Gasteiger partial charge on any atom is 0.349 e. The number of benzene rings is 1. The van der Waals surface area contributed by atoms with Crippen LogP contribution >= 0.6 is 7.60 Å². The minimum Gasteiger partial charge on any atom is -0.508 e. The third kappa shape index (κ3) is 3.80. The normalized spacial score (nSPS) is 13.5. The van der Waals surface area contributed by atoms with Crippen LogP contribution in [-0.2, 0) is 20.0 Å². The van der Waals surface area contributed by atoms with E-state index < -0.39 is 13.5 Å². The molecule has 0 spiro atoms. The van der Waals surface area contributed by atoms with Crippen LogP contribution in [0.25, 0.3) is 0 Å². The standard InChI is InChI=1S/C14H20NO6P/c1-3-20-22(18,21-4-2)9-15-14(17)12-7-10(16)8-13-11(12)5-6-19-13/h7-8,16H,3-6,9H2,1-2H3,(H,15,17). The number of fused-ring (bicyclic) bond motifs is 1. The number of ether oxygens (including phenoxy) is 1. The van der Waals surface area contributed by atoms with Gasteiger partial charge in [0.05, 0.1) is 25.4 Å². The number of carbonyl (C=O) groups is 1. The average molecular weight is 329 g/mol. The van der Waals surface area contributed by atoms with Crippen LogP contribution in [0.4, 0.5) is 0 Å². The minimum atomic E-state index is -3.35. The lowest BCUT2D eigenvalue weighted by Crippen LogP contribution is -2.26. The molecule has 0 aliphatic carbocycles. The molecule has 1 aromatic rings. The molecule has 0 unspecified atom stereocenters. The zero-order valence-electron chi connectivity index (χ0n) is 12.6. The first kappa shape index (κ1) is 16.8. The summed E-state index contributed by atoms with van der Waals surface area (Å²) in [4.78, 5) is 12.3. The first-order valence-electron chi connectivity index (χ1n) is 7.14. The zero-order chi connectivity index (χ0) is 16.2. The van der Waals surface area contributed by atoms with E-state index in [1.807, 2.05) is 0 Å². The van der Waals surface area contributed by atoms with Crippen LogP contribution in [0.2, 0.25) is 0 Å². The predicted octanol–water partition coefficient (Wildman–Crippen LogP) is 2.28. The third-order valence-electron chi connectivity index (χ3n) is 3.13. The Bertz CT molecular complexity index is 593. The molecule has 7 nitrogen and oxygen atoms in total. The molecule has 0 atom stereocenters. The van der Waals surface area contributed by atoms with Crippen LogP contribution in [0.15, 0.2) is 12.1 Å². The van der Waals surface area contributed by atoms with E-state index in [0.717, 1.165) is 5.56 Å². The molecule has 2 rings (SSSR count). The summed E-state index contributed by atoms with van der Waals surface area (Å²) in [6.07, 6.45) is 0.367. The van der Waals surface area contributed by atoms with E-state index in [2.05, 4.69) is 5.32 Å². The fraction of sp³-hybridized carbons (Fsp3) is 0.500. The minimum absolute atomic E-state index is 0.0522. The summed E-state index contributed by atoms with van der Waals surface area (Å²) in [5.41, 5.74) is 1.05. The molecular weight excluding hydrogens is 309 g/mol. The molecule has 8 heteroatoms. The van der Waals surface area contributed by atoms with Gasteiger partial charge in [-0.25, -0.2) is 0 Å². The van der Waals surface area contributed by atoms with Gasteiger partial charge in [0.2, 0.25) is 0 Å². The highest BCUT2D eigenvalue weighted by Crippen LogP contribution is 2.46. The molecule has 22 heavy (non-hydrogen) atoms. The second-order valence-electron chi connectivity index (χ2n) is 4.68.